The molecular weight excluding hydrogens is 599 g/mol. The third-order valence-corrected chi connectivity index (χ3v) is 9.52. The van der Waals surface area contributed by atoms with Crippen molar-refractivity contribution in [3.05, 3.63) is 164 Å². The Morgan fingerprint density at radius 1 is 0.347 bits per heavy atom. The molecule has 0 aliphatic carbocycles. The first-order chi connectivity index (χ1) is 24.3. The van der Waals surface area contributed by atoms with Gasteiger partial charge in [0.15, 0.2) is 17.5 Å². The van der Waals surface area contributed by atoms with E-state index in [2.05, 4.69) is 158 Å². The molecule has 10 aromatic rings. The van der Waals surface area contributed by atoms with Gasteiger partial charge >= 0.3 is 0 Å². The Morgan fingerprint density at radius 2 is 0.837 bits per heavy atom. The van der Waals surface area contributed by atoms with Crippen molar-refractivity contribution in [2.45, 2.75) is 0 Å². The molecule has 0 radical (unpaired) electrons. The van der Waals surface area contributed by atoms with Crippen LogP contribution in [0.4, 0.5) is 0 Å². The first-order valence-corrected chi connectivity index (χ1v) is 16.5. The highest BCUT2D eigenvalue weighted by molar-refractivity contribution is 6.22. The van der Waals surface area contributed by atoms with E-state index in [0.29, 0.717) is 17.5 Å². The largest absolute Gasteiger partial charge is 0.455 e. The summed E-state index contributed by atoms with van der Waals surface area (Å²) in [6.07, 6.45) is 0. The van der Waals surface area contributed by atoms with E-state index in [1.54, 1.807) is 0 Å². The first kappa shape index (κ1) is 27.5. The van der Waals surface area contributed by atoms with Crippen LogP contribution < -0.4 is 0 Å². The van der Waals surface area contributed by atoms with Gasteiger partial charge < -0.3 is 4.42 Å². The molecule has 0 saturated heterocycles. The number of rotatable bonds is 4. The molecule has 8 aromatic carbocycles. The fourth-order valence-electron chi connectivity index (χ4n) is 7.27. The van der Waals surface area contributed by atoms with Crippen LogP contribution in [0.5, 0.6) is 0 Å². The standard InChI is InChI=1S/C45H27N3O/c1-2-13-30(14-3-1)33-23-12-26-40-41(33)39-27-38(34-21-8-9-22-35(34)42(39)49-40)45-47-43(36-24-10-17-28-15-4-6-19-31(28)36)46-44(48-45)37-25-11-18-29-16-5-7-20-32(29)37/h1-27H. The minimum Gasteiger partial charge on any atom is -0.455 e. The monoisotopic (exact) mass is 625 g/mol. The van der Waals surface area contributed by atoms with E-state index in [9.17, 15) is 0 Å². The van der Waals surface area contributed by atoms with Crippen LogP contribution in [0.25, 0.3) is 99.5 Å². The highest BCUT2D eigenvalue weighted by Gasteiger charge is 2.21. The molecule has 2 heterocycles. The van der Waals surface area contributed by atoms with Crippen molar-refractivity contribution < 1.29 is 4.42 Å². The van der Waals surface area contributed by atoms with Gasteiger partial charge in [-0.15, -0.1) is 0 Å². The molecule has 0 bridgehead atoms. The lowest BCUT2D eigenvalue weighted by Crippen LogP contribution is -2.01. The predicted octanol–water partition coefficient (Wildman–Crippen LogP) is 11.9. The fourth-order valence-corrected chi connectivity index (χ4v) is 7.27. The molecule has 0 saturated carbocycles. The zero-order valence-electron chi connectivity index (χ0n) is 26.3. The number of benzene rings is 8. The van der Waals surface area contributed by atoms with Gasteiger partial charge in [0.05, 0.1) is 0 Å². The van der Waals surface area contributed by atoms with Crippen molar-refractivity contribution in [2.24, 2.45) is 0 Å². The predicted molar refractivity (Wildman–Crippen MR) is 201 cm³/mol. The van der Waals surface area contributed by atoms with Crippen LogP contribution >= 0.6 is 0 Å². The summed E-state index contributed by atoms with van der Waals surface area (Å²) in [6, 6.07) is 56.8. The van der Waals surface area contributed by atoms with Crippen molar-refractivity contribution in [3.63, 3.8) is 0 Å². The summed E-state index contributed by atoms with van der Waals surface area (Å²) in [5.41, 5.74) is 6.84. The van der Waals surface area contributed by atoms with Gasteiger partial charge in [0.1, 0.15) is 11.2 Å². The minimum absolute atomic E-state index is 0.616. The molecule has 10 rings (SSSR count). The second-order valence-corrected chi connectivity index (χ2v) is 12.4. The number of nitrogens with zero attached hydrogens (tertiary/aromatic N) is 3. The zero-order valence-corrected chi connectivity index (χ0v) is 26.3. The first-order valence-electron chi connectivity index (χ1n) is 16.5. The van der Waals surface area contributed by atoms with Crippen molar-refractivity contribution in [1.29, 1.82) is 0 Å². The lowest BCUT2D eigenvalue weighted by atomic mass is 9.95. The molecule has 0 aliphatic heterocycles. The summed E-state index contributed by atoms with van der Waals surface area (Å²) in [6.45, 7) is 0. The minimum atomic E-state index is 0.616. The molecule has 0 atom stereocenters. The van der Waals surface area contributed by atoms with Gasteiger partial charge in [-0.2, -0.15) is 0 Å². The maximum atomic E-state index is 6.65. The Hall–Kier alpha value is -6.65. The maximum absolute atomic E-state index is 6.65. The number of hydrogen-bond acceptors (Lipinski definition) is 4. The molecule has 0 unspecified atom stereocenters. The van der Waals surface area contributed by atoms with Gasteiger partial charge in [0, 0.05) is 32.8 Å². The normalized spacial score (nSPS) is 11.7. The van der Waals surface area contributed by atoms with Crippen LogP contribution in [-0.4, -0.2) is 15.0 Å². The lowest BCUT2D eigenvalue weighted by molar-refractivity contribution is 0.673. The molecule has 0 amide bonds. The van der Waals surface area contributed by atoms with Crippen molar-refractivity contribution in [3.8, 4) is 45.3 Å². The van der Waals surface area contributed by atoms with E-state index < -0.39 is 0 Å². The lowest BCUT2D eigenvalue weighted by Gasteiger charge is -2.13. The molecule has 4 nitrogen and oxygen atoms in total. The Labute approximate surface area is 282 Å². The van der Waals surface area contributed by atoms with E-state index in [1.165, 1.54) is 0 Å². The van der Waals surface area contributed by atoms with Crippen LogP contribution in [0.3, 0.4) is 0 Å². The van der Waals surface area contributed by atoms with Gasteiger partial charge in [0.2, 0.25) is 0 Å². The highest BCUT2D eigenvalue weighted by Crippen LogP contribution is 2.43. The molecular formula is C45H27N3O. The number of aromatic nitrogens is 3. The van der Waals surface area contributed by atoms with Gasteiger partial charge in [-0.05, 0) is 50.2 Å². The molecule has 0 fully saturated rings. The average Bonchev–Trinajstić information content (AvgIpc) is 3.56. The van der Waals surface area contributed by atoms with E-state index in [4.69, 9.17) is 19.4 Å². The number of fused-ring (bicyclic) bond motifs is 7. The molecule has 0 N–H and O–H groups in total. The third-order valence-electron chi connectivity index (χ3n) is 9.52. The fraction of sp³-hybridized carbons (Fsp3) is 0. The Balaban J connectivity index is 1.32. The third kappa shape index (κ3) is 4.42. The Bertz CT molecular complexity index is 2780. The molecule has 228 valence electrons. The summed E-state index contributed by atoms with van der Waals surface area (Å²) >= 11 is 0. The second-order valence-electron chi connectivity index (χ2n) is 12.4. The van der Waals surface area contributed by atoms with Crippen molar-refractivity contribution in [2.75, 3.05) is 0 Å². The van der Waals surface area contributed by atoms with Gasteiger partial charge in [-0.1, -0.05) is 152 Å². The highest BCUT2D eigenvalue weighted by atomic mass is 16.3. The van der Waals surface area contributed by atoms with Gasteiger partial charge in [0.25, 0.3) is 0 Å². The Kier molecular flexibility index (Phi) is 6.15. The number of furan rings is 1. The molecule has 0 spiro atoms. The summed E-state index contributed by atoms with van der Waals surface area (Å²) in [4.78, 5) is 15.8. The van der Waals surface area contributed by atoms with E-state index in [0.717, 1.165) is 82.1 Å². The van der Waals surface area contributed by atoms with Crippen LogP contribution in [0.2, 0.25) is 0 Å². The van der Waals surface area contributed by atoms with Crippen molar-refractivity contribution in [1.82, 2.24) is 15.0 Å². The van der Waals surface area contributed by atoms with Crippen LogP contribution in [0.1, 0.15) is 0 Å². The molecule has 0 aliphatic rings. The number of hydrogen-bond donors (Lipinski definition) is 0. The smallest absolute Gasteiger partial charge is 0.164 e. The van der Waals surface area contributed by atoms with Crippen LogP contribution in [0, 0.1) is 0 Å². The maximum Gasteiger partial charge on any atom is 0.164 e. The van der Waals surface area contributed by atoms with Gasteiger partial charge in [-0.3, -0.25) is 0 Å². The van der Waals surface area contributed by atoms with E-state index >= 15 is 0 Å². The van der Waals surface area contributed by atoms with E-state index in [1.807, 2.05) is 6.07 Å². The summed E-state index contributed by atoms with van der Waals surface area (Å²) in [5.74, 6) is 1.89. The average molecular weight is 626 g/mol. The molecule has 49 heavy (non-hydrogen) atoms. The molecule has 2 aromatic heterocycles. The van der Waals surface area contributed by atoms with Crippen molar-refractivity contribution >= 4 is 54.3 Å². The SMILES string of the molecule is c1ccc(-c2cccc3oc4c5ccccc5c(-c5nc(-c6cccc7ccccc67)nc(-c6cccc7ccccc67)n5)cc4c23)cc1. The quantitative estimate of drug-likeness (QED) is 0.195. The second kappa shape index (κ2) is 11.0. The summed E-state index contributed by atoms with van der Waals surface area (Å²) in [7, 11) is 0. The molecule has 4 heteroatoms. The van der Waals surface area contributed by atoms with Crippen LogP contribution in [-0.2, 0) is 0 Å². The van der Waals surface area contributed by atoms with E-state index in [-0.39, 0.29) is 0 Å². The Morgan fingerprint density at radius 3 is 1.49 bits per heavy atom. The van der Waals surface area contributed by atoms with Crippen LogP contribution in [0.15, 0.2) is 168 Å². The summed E-state index contributed by atoms with van der Waals surface area (Å²) < 4.78 is 6.65. The topological polar surface area (TPSA) is 51.8 Å². The zero-order chi connectivity index (χ0) is 32.3. The summed E-state index contributed by atoms with van der Waals surface area (Å²) in [5, 5.41) is 8.62. The van der Waals surface area contributed by atoms with Gasteiger partial charge in [-0.25, -0.2) is 15.0 Å².